The second-order valence-electron chi connectivity index (χ2n) is 6.00. The highest BCUT2D eigenvalue weighted by molar-refractivity contribution is 6.46. The summed E-state index contributed by atoms with van der Waals surface area (Å²) in [5, 5.41) is 1.46. The zero-order valence-electron chi connectivity index (χ0n) is 14.7. The van der Waals surface area contributed by atoms with E-state index in [2.05, 4.69) is 4.98 Å². The quantitative estimate of drug-likeness (QED) is 0.739. The van der Waals surface area contributed by atoms with E-state index in [0.29, 0.717) is 40.8 Å². The summed E-state index contributed by atoms with van der Waals surface area (Å²) in [5.74, 6) is -0.275. The molecule has 0 aliphatic carbocycles. The summed E-state index contributed by atoms with van der Waals surface area (Å²) in [7, 11) is 1.52. The molecule has 1 aromatic carbocycles. The van der Waals surface area contributed by atoms with Crippen LogP contribution in [0.15, 0.2) is 6.07 Å². The van der Waals surface area contributed by atoms with Crippen LogP contribution >= 0.6 is 23.2 Å². The third kappa shape index (κ3) is 3.19. The standard InChI is InChI=1S/C18H18Cl2N2O4/c1-4-13-12-7-22(15(24)8-26-9(2)23)6-11(12)10-5-14(25-3)16(19)17(20)18(10)21-13/h5H,4,6-8H2,1-3H3. The summed E-state index contributed by atoms with van der Waals surface area (Å²) in [6.45, 7) is 3.81. The van der Waals surface area contributed by atoms with Gasteiger partial charge in [-0.05, 0) is 23.6 Å². The normalized spacial score (nSPS) is 13.0. The number of benzene rings is 1. The van der Waals surface area contributed by atoms with Crippen LogP contribution in [0.5, 0.6) is 5.75 Å². The minimum Gasteiger partial charge on any atom is -0.495 e. The van der Waals surface area contributed by atoms with Gasteiger partial charge in [0.2, 0.25) is 0 Å². The summed E-state index contributed by atoms with van der Waals surface area (Å²) in [6.07, 6.45) is 0.699. The smallest absolute Gasteiger partial charge is 0.303 e. The SMILES string of the molecule is CCc1nc2c(Cl)c(Cl)c(OC)cc2c2c1CN(C(=O)COC(C)=O)C2. The number of esters is 1. The van der Waals surface area contributed by atoms with E-state index >= 15 is 0 Å². The van der Waals surface area contributed by atoms with Gasteiger partial charge in [-0.15, -0.1) is 0 Å². The Labute approximate surface area is 161 Å². The monoisotopic (exact) mass is 396 g/mol. The maximum Gasteiger partial charge on any atom is 0.303 e. The van der Waals surface area contributed by atoms with Crippen LogP contribution in [0.1, 0.15) is 30.7 Å². The molecule has 0 bridgehead atoms. The maximum atomic E-state index is 12.4. The number of carbonyl (C=O) groups is 2. The van der Waals surface area contributed by atoms with Crippen molar-refractivity contribution in [3.05, 3.63) is 32.9 Å². The van der Waals surface area contributed by atoms with Crippen LogP contribution in [0.25, 0.3) is 10.9 Å². The van der Waals surface area contributed by atoms with Crippen molar-refractivity contribution < 1.29 is 19.1 Å². The Morgan fingerprint density at radius 3 is 2.54 bits per heavy atom. The average Bonchev–Trinajstić information content (AvgIpc) is 3.07. The number of pyridine rings is 1. The van der Waals surface area contributed by atoms with E-state index in [1.54, 1.807) is 11.0 Å². The molecule has 26 heavy (non-hydrogen) atoms. The van der Waals surface area contributed by atoms with E-state index in [0.717, 1.165) is 22.2 Å². The first kappa shape index (κ1) is 18.7. The second kappa shape index (κ2) is 7.29. The molecule has 2 aromatic rings. The number of ether oxygens (including phenoxy) is 2. The number of fused-ring (bicyclic) bond motifs is 3. The van der Waals surface area contributed by atoms with Crippen molar-refractivity contribution in [2.24, 2.45) is 0 Å². The van der Waals surface area contributed by atoms with Crippen LogP contribution in [0.3, 0.4) is 0 Å². The third-order valence-corrected chi connectivity index (χ3v) is 5.28. The lowest BCUT2D eigenvalue weighted by Crippen LogP contribution is -2.29. The molecule has 0 saturated heterocycles. The van der Waals surface area contributed by atoms with Crippen LogP contribution in [-0.2, 0) is 33.8 Å². The number of aromatic nitrogens is 1. The summed E-state index contributed by atoms with van der Waals surface area (Å²) >= 11 is 12.7. The maximum absolute atomic E-state index is 12.4. The molecule has 0 radical (unpaired) electrons. The Hall–Kier alpha value is -2.05. The van der Waals surface area contributed by atoms with E-state index in [9.17, 15) is 9.59 Å². The van der Waals surface area contributed by atoms with Crippen molar-refractivity contribution in [3.8, 4) is 5.75 Å². The van der Waals surface area contributed by atoms with Crippen molar-refractivity contribution >= 4 is 46.0 Å². The molecule has 0 spiro atoms. The number of rotatable bonds is 4. The Morgan fingerprint density at radius 1 is 1.23 bits per heavy atom. The van der Waals surface area contributed by atoms with Crippen LogP contribution in [0.4, 0.5) is 0 Å². The molecule has 0 N–H and O–H groups in total. The number of hydrogen-bond donors (Lipinski definition) is 0. The summed E-state index contributed by atoms with van der Waals surface area (Å²) in [5.41, 5.74) is 3.44. The zero-order chi connectivity index (χ0) is 19.0. The molecule has 0 unspecified atom stereocenters. The van der Waals surface area contributed by atoms with Gasteiger partial charge in [-0.25, -0.2) is 0 Å². The number of methoxy groups -OCH3 is 1. The highest BCUT2D eigenvalue weighted by atomic mass is 35.5. The second-order valence-corrected chi connectivity index (χ2v) is 6.76. The fraction of sp³-hybridized carbons (Fsp3) is 0.389. The number of hydrogen-bond acceptors (Lipinski definition) is 5. The van der Waals surface area contributed by atoms with E-state index in [1.807, 2.05) is 6.92 Å². The number of amides is 1. The highest BCUT2D eigenvalue weighted by Gasteiger charge is 2.29. The average molecular weight is 397 g/mol. The predicted molar refractivity (Wildman–Crippen MR) is 98.6 cm³/mol. The molecule has 2 heterocycles. The lowest BCUT2D eigenvalue weighted by molar-refractivity contribution is -0.150. The number of carbonyl (C=O) groups excluding carboxylic acids is 2. The van der Waals surface area contributed by atoms with Gasteiger partial charge in [-0.2, -0.15) is 0 Å². The zero-order valence-corrected chi connectivity index (χ0v) is 16.2. The van der Waals surface area contributed by atoms with Gasteiger partial charge in [-0.1, -0.05) is 30.1 Å². The fourth-order valence-corrected chi connectivity index (χ4v) is 3.61. The van der Waals surface area contributed by atoms with Crippen molar-refractivity contribution in [1.82, 2.24) is 9.88 Å². The summed E-state index contributed by atoms with van der Waals surface area (Å²) in [4.78, 5) is 29.6. The van der Waals surface area contributed by atoms with Crippen LogP contribution < -0.4 is 4.74 Å². The van der Waals surface area contributed by atoms with Crippen LogP contribution in [-0.4, -0.2) is 35.5 Å². The molecule has 0 saturated carbocycles. The Balaban J connectivity index is 2.07. The first-order valence-electron chi connectivity index (χ1n) is 8.14. The molecule has 1 amide bonds. The van der Waals surface area contributed by atoms with E-state index in [4.69, 9.17) is 32.7 Å². The minimum absolute atomic E-state index is 0.251. The van der Waals surface area contributed by atoms with Crippen molar-refractivity contribution in [1.29, 1.82) is 0 Å². The van der Waals surface area contributed by atoms with Gasteiger partial charge in [0.1, 0.15) is 10.8 Å². The molecule has 3 rings (SSSR count). The van der Waals surface area contributed by atoms with Crippen molar-refractivity contribution in [2.45, 2.75) is 33.4 Å². The Bertz CT molecular complexity index is 914. The molecule has 8 heteroatoms. The van der Waals surface area contributed by atoms with Crippen LogP contribution in [0, 0.1) is 0 Å². The molecular formula is C18H18Cl2N2O4. The molecule has 6 nitrogen and oxygen atoms in total. The van der Waals surface area contributed by atoms with Gasteiger partial charge in [0, 0.05) is 31.1 Å². The molecule has 1 aliphatic rings. The molecule has 0 atom stereocenters. The highest BCUT2D eigenvalue weighted by Crippen LogP contribution is 2.42. The molecule has 1 aromatic heterocycles. The Kier molecular flexibility index (Phi) is 5.25. The molecule has 0 fully saturated rings. The first-order valence-corrected chi connectivity index (χ1v) is 8.90. The van der Waals surface area contributed by atoms with Crippen molar-refractivity contribution in [2.75, 3.05) is 13.7 Å². The van der Waals surface area contributed by atoms with Gasteiger partial charge < -0.3 is 14.4 Å². The van der Waals surface area contributed by atoms with E-state index in [-0.39, 0.29) is 12.5 Å². The van der Waals surface area contributed by atoms with Crippen LogP contribution in [0.2, 0.25) is 10.0 Å². The minimum atomic E-state index is -0.484. The lowest BCUT2D eigenvalue weighted by Gasteiger charge is -2.15. The van der Waals surface area contributed by atoms with E-state index in [1.165, 1.54) is 14.0 Å². The topological polar surface area (TPSA) is 68.7 Å². The number of halogens is 2. The molecular weight excluding hydrogens is 379 g/mol. The van der Waals surface area contributed by atoms with Gasteiger partial charge in [-0.3, -0.25) is 14.6 Å². The van der Waals surface area contributed by atoms with E-state index < -0.39 is 5.97 Å². The van der Waals surface area contributed by atoms with Gasteiger partial charge >= 0.3 is 5.97 Å². The lowest BCUT2D eigenvalue weighted by atomic mass is 10.0. The Morgan fingerprint density at radius 2 is 1.92 bits per heavy atom. The summed E-state index contributed by atoms with van der Waals surface area (Å²) < 4.78 is 10.1. The number of nitrogens with zero attached hydrogens (tertiary/aromatic N) is 2. The predicted octanol–water partition coefficient (Wildman–Crippen LogP) is 3.52. The fourth-order valence-electron chi connectivity index (χ4n) is 3.15. The van der Waals surface area contributed by atoms with Crippen molar-refractivity contribution in [3.63, 3.8) is 0 Å². The first-order chi connectivity index (χ1) is 12.4. The largest absolute Gasteiger partial charge is 0.495 e. The third-order valence-electron chi connectivity index (χ3n) is 4.44. The molecule has 138 valence electrons. The van der Waals surface area contributed by atoms with Gasteiger partial charge in [0.15, 0.2) is 6.61 Å². The molecule has 1 aliphatic heterocycles. The van der Waals surface area contributed by atoms with Gasteiger partial charge in [0.05, 0.1) is 17.6 Å². The number of aryl methyl sites for hydroxylation is 1. The summed E-state index contributed by atoms with van der Waals surface area (Å²) in [6, 6.07) is 1.80. The van der Waals surface area contributed by atoms with Gasteiger partial charge in [0.25, 0.3) is 5.91 Å².